The molecule has 6 nitrogen and oxygen atoms in total. The van der Waals surface area contributed by atoms with Gasteiger partial charge in [-0.1, -0.05) is 13.3 Å². The van der Waals surface area contributed by atoms with E-state index in [1.807, 2.05) is 0 Å². The van der Waals surface area contributed by atoms with Gasteiger partial charge in [0, 0.05) is 13.2 Å². The van der Waals surface area contributed by atoms with Gasteiger partial charge in [0.2, 0.25) is 5.88 Å². The van der Waals surface area contributed by atoms with Crippen molar-refractivity contribution in [3.05, 3.63) is 11.9 Å². The molecular formula is C10H18N4O2. The number of nitrogens with zero attached hydrogens (tertiary/aromatic N) is 2. The van der Waals surface area contributed by atoms with Crippen molar-refractivity contribution in [3.8, 4) is 5.88 Å². The third-order valence-corrected chi connectivity index (χ3v) is 1.92. The maximum Gasteiger partial charge on any atom is 0.218 e. The fraction of sp³-hybridized carbons (Fsp3) is 0.600. The van der Waals surface area contributed by atoms with Gasteiger partial charge in [-0.05, 0) is 6.42 Å². The third kappa shape index (κ3) is 4.00. The zero-order chi connectivity index (χ0) is 11.8. The molecule has 0 aromatic carbocycles. The molecule has 0 amide bonds. The van der Waals surface area contributed by atoms with Gasteiger partial charge in [-0.3, -0.25) is 0 Å². The van der Waals surface area contributed by atoms with Crippen molar-refractivity contribution < 1.29 is 9.47 Å². The van der Waals surface area contributed by atoms with Gasteiger partial charge in [0.1, 0.15) is 12.4 Å². The van der Waals surface area contributed by atoms with Crippen LogP contribution in [0.2, 0.25) is 0 Å². The van der Waals surface area contributed by atoms with Crippen LogP contribution >= 0.6 is 0 Å². The Morgan fingerprint density at radius 1 is 1.44 bits per heavy atom. The van der Waals surface area contributed by atoms with Crippen molar-refractivity contribution >= 4 is 5.82 Å². The number of rotatable bonds is 7. The fourth-order valence-corrected chi connectivity index (χ4v) is 1.14. The van der Waals surface area contributed by atoms with E-state index in [4.69, 9.17) is 15.3 Å². The number of nitrogen functional groups attached to an aromatic ring is 1. The average Bonchev–Trinajstić information content (AvgIpc) is 2.29. The van der Waals surface area contributed by atoms with E-state index >= 15 is 0 Å². The zero-order valence-corrected chi connectivity index (χ0v) is 9.69. The average molecular weight is 226 g/mol. The molecule has 0 atom stereocenters. The maximum absolute atomic E-state index is 5.47. The Morgan fingerprint density at radius 2 is 2.25 bits per heavy atom. The maximum atomic E-state index is 5.47. The molecule has 0 unspecified atom stereocenters. The summed E-state index contributed by atoms with van der Waals surface area (Å²) in [6, 6.07) is 1.66. The van der Waals surface area contributed by atoms with Crippen molar-refractivity contribution in [2.75, 3.05) is 19.1 Å². The third-order valence-electron chi connectivity index (χ3n) is 1.92. The first-order chi connectivity index (χ1) is 7.80. The molecule has 0 fully saturated rings. The Morgan fingerprint density at radius 3 is 2.88 bits per heavy atom. The molecule has 1 heterocycles. The second-order valence-corrected chi connectivity index (χ2v) is 3.29. The number of ether oxygens (including phenoxy) is 2. The highest BCUT2D eigenvalue weighted by molar-refractivity contribution is 5.36. The molecule has 0 aliphatic heterocycles. The zero-order valence-electron chi connectivity index (χ0n) is 9.69. The largest absolute Gasteiger partial charge is 0.478 e. The van der Waals surface area contributed by atoms with E-state index in [2.05, 4.69) is 22.3 Å². The summed E-state index contributed by atoms with van der Waals surface area (Å²) in [4.78, 5) is 8.31. The summed E-state index contributed by atoms with van der Waals surface area (Å²) in [6.07, 6.45) is 2.08. The van der Waals surface area contributed by atoms with E-state index in [0.29, 0.717) is 30.7 Å². The van der Waals surface area contributed by atoms with Crippen molar-refractivity contribution in [1.82, 2.24) is 9.97 Å². The number of nitrogens with two attached hydrogens (primary N) is 1. The quantitative estimate of drug-likeness (QED) is 0.411. The molecule has 90 valence electrons. The van der Waals surface area contributed by atoms with Crippen molar-refractivity contribution in [1.29, 1.82) is 0 Å². The molecule has 0 radical (unpaired) electrons. The summed E-state index contributed by atoms with van der Waals surface area (Å²) in [5, 5.41) is 0. The van der Waals surface area contributed by atoms with E-state index in [0.717, 1.165) is 12.8 Å². The molecule has 0 spiro atoms. The van der Waals surface area contributed by atoms with Gasteiger partial charge in [-0.15, -0.1) is 0 Å². The summed E-state index contributed by atoms with van der Waals surface area (Å²) in [5.74, 6) is 6.89. The first kappa shape index (κ1) is 12.7. The number of hydrogen-bond acceptors (Lipinski definition) is 6. The molecule has 0 saturated heterocycles. The van der Waals surface area contributed by atoms with E-state index in [-0.39, 0.29) is 0 Å². The van der Waals surface area contributed by atoms with Crippen LogP contribution in [0.3, 0.4) is 0 Å². The number of aromatic nitrogens is 2. The van der Waals surface area contributed by atoms with Crippen LogP contribution in [0.15, 0.2) is 6.07 Å². The van der Waals surface area contributed by atoms with Crippen molar-refractivity contribution in [2.45, 2.75) is 26.4 Å². The van der Waals surface area contributed by atoms with Gasteiger partial charge in [0.25, 0.3) is 0 Å². The first-order valence-electron chi connectivity index (χ1n) is 5.26. The Balaban J connectivity index is 2.69. The Labute approximate surface area is 95.1 Å². The number of hydrogen-bond donors (Lipinski definition) is 2. The van der Waals surface area contributed by atoms with Crippen molar-refractivity contribution in [2.24, 2.45) is 5.84 Å². The number of nitrogens with one attached hydrogen (secondary N) is 1. The SMILES string of the molecule is CCCCOc1cc(NN)nc(COC)n1. The summed E-state index contributed by atoms with van der Waals surface area (Å²) in [6.45, 7) is 3.08. The van der Waals surface area contributed by atoms with E-state index < -0.39 is 0 Å². The smallest absolute Gasteiger partial charge is 0.218 e. The minimum Gasteiger partial charge on any atom is -0.478 e. The predicted octanol–water partition coefficient (Wildman–Crippen LogP) is 1.09. The molecule has 6 heteroatoms. The molecule has 16 heavy (non-hydrogen) atoms. The lowest BCUT2D eigenvalue weighted by atomic mass is 10.4. The topological polar surface area (TPSA) is 82.3 Å². The van der Waals surface area contributed by atoms with Crippen molar-refractivity contribution in [3.63, 3.8) is 0 Å². The molecule has 1 rings (SSSR count). The molecule has 3 N–H and O–H groups in total. The second-order valence-electron chi connectivity index (χ2n) is 3.29. The van der Waals surface area contributed by atoms with E-state index in [9.17, 15) is 0 Å². The lowest BCUT2D eigenvalue weighted by molar-refractivity contribution is 0.176. The molecule has 0 saturated carbocycles. The number of anilines is 1. The number of hydrazine groups is 1. The summed E-state index contributed by atoms with van der Waals surface area (Å²) < 4.78 is 10.4. The van der Waals surface area contributed by atoms with E-state index in [1.54, 1.807) is 13.2 Å². The van der Waals surface area contributed by atoms with Gasteiger partial charge in [-0.2, -0.15) is 4.98 Å². The predicted molar refractivity (Wildman–Crippen MR) is 61.0 cm³/mol. The van der Waals surface area contributed by atoms with Crippen LogP contribution in [0.25, 0.3) is 0 Å². The van der Waals surface area contributed by atoms with Gasteiger partial charge in [-0.25, -0.2) is 10.8 Å². The molecular weight excluding hydrogens is 208 g/mol. The van der Waals surface area contributed by atoms with Gasteiger partial charge < -0.3 is 14.9 Å². The molecule has 0 bridgehead atoms. The van der Waals surface area contributed by atoms with Crippen LogP contribution in [-0.4, -0.2) is 23.7 Å². The molecule has 0 aliphatic rings. The van der Waals surface area contributed by atoms with Crippen LogP contribution in [0.4, 0.5) is 5.82 Å². The molecule has 1 aromatic rings. The summed E-state index contributed by atoms with van der Waals surface area (Å²) >= 11 is 0. The number of unbranched alkanes of at least 4 members (excludes halogenated alkanes) is 1. The monoisotopic (exact) mass is 226 g/mol. The van der Waals surface area contributed by atoms with Crippen LogP contribution < -0.4 is 16.0 Å². The number of methoxy groups -OCH3 is 1. The summed E-state index contributed by atoms with van der Waals surface area (Å²) in [7, 11) is 1.59. The Kier molecular flexibility index (Phi) is 5.52. The molecule has 1 aromatic heterocycles. The fourth-order valence-electron chi connectivity index (χ4n) is 1.14. The highest BCUT2D eigenvalue weighted by atomic mass is 16.5. The van der Waals surface area contributed by atoms with Gasteiger partial charge in [0.15, 0.2) is 5.82 Å². The van der Waals surface area contributed by atoms with Crippen LogP contribution in [-0.2, 0) is 11.3 Å². The lowest BCUT2D eigenvalue weighted by Crippen LogP contribution is -2.12. The van der Waals surface area contributed by atoms with Gasteiger partial charge in [0.05, 0.1) is 6.61 Å². The summed E-state index contributed by atoms with van der Waals surface area (Å²) in [5.41, 5.74) is 2.47. The van der Waals surface area contributed by atoms with Crippen LogP contribution in [0.1, 0.15) is 25.6 Å². The van der Waals surface area contributed by atoms with Gasteiger partial charge >= 0.3 is 0 Å². The minimum atomic E-state index is 0.333. The van der Waals surface area contributed by atoms with Crippen LogP contribution in [0.5, 0.6) is 5.88 Å². The lowest BCUT2D eigenvalue weighted by Gasteiger charge is -2.08. The molecule has 0 aliphatic carbocycles. The normalized spacial score (nSPS) is 10.2. The highest BCUT2D eigenvalue weighted by Crippen LogP contribution is 2.13. The Bertz CT molecular complexity index is 320. The standard InChI is InChI=1S/C10H18N4O2/c1-3-4-5-16-10-6-8(14-11)12-9(13-10)7-15-2/h6H,3-5,7,11H2,1-2H3,(H,12,13,14). The highest BCUT2D eigenvalue weighted by Gasteiger charge is 2.04. The van der Waals surface area contributed by atoms with E-state index in [1.165, 1.54) is 0 Å². The Hall–Kier alpha value is -1.40. The second kappa shape index (κ2) is 6.97. The first-order valence-corrected chi connectivity index (χ1v) is 5.26. The van der Waals surface area contributed by atoms with Crippen LogP contribution in [0, 0.1) is 0 Å². The minimum absolute atomic E-state index is 0.333.